The third kappa shape index (κ3) is 4.41. The Balaban J connectivity index is 2.00. The third-order valence-electron chi connectivity index (χ3n) is 2.70. The van der Waals surface area contributed by atoms with Gasteiger partial charge in [-0.3, -0.25) is 4.21 Å². The van der Waals surface area contributed by atoms with E-state index in [1.165, 1.54) is 11.8 Å². The average molecular weight is 324 g/mol. The fraction of sp³-hybridized carbons (Fsp3) is 0.133. The maximum absolute atomic E-state index is 13.6. The molecule has 0 radical (unpaired) electrons. The lowest BCUT2D eigenvalue weighted by Gasteiger charge is -2.05. The quantitative estimate of drug-likeness (QED) is 0.827. The summed E-state index contributed by atoms with van der Waals surface area (Å²) in [6, 6.07) is 13.0. The summed E-state index contributed by atoms with van der Waals surface area (Å²) in [6.45, 7) is 0. The molecule has 1 atom stereocenters. The summed E-state index contributed by atoms with van der Waals surface area (Å²) in [5.41, 5.74) is -0.0598. The zero-order chi connectivity index (χ0) is 15.2. The van der Waals surface area contributed by atoms with Crippen molar-refractivity contribution in [3.63, 3.8) is 0 Å². The molecule has 2 aromatic carbocycles. The van der Waals surface area contributed by atoms with Gasteiger partial charge in [-0.25, -0.2) is 9.18 Å². The number of halogens is 1. The van der Waals surface area contributed by atoms with Crippen molar-refractivity contribution in [2.75, 3.05) is 11.5 Å². The van der Waals surface area contributed by atoms with Crippen LogP contribution in [0.15, 0.2) is 58.3 Å². The maximum Gasteiger partial charge on any atom is 0.335 e. The zero-order valence-corrected chi connectivity index (χ0v) is 12.6. The van der Waals surface area contributed by atoms with Gasteiger partial charge in [0, 0.05) is 16.4 Å². The van der Waals surface area contributed by atoms with Gasteiger partial charge in [-0.1, -0.05) is 18.2 Å². The van der Waals surface area contributed by atoms with Gasteiger partial charge >= 0.3 is 5.97 Å². The van der Waals surface area contributed by atoms with Crippen molar-refractivity contribution >= 4 is 28.5 Å². The molecule has 0 aliphatic heterocycles. The minimum Gasteiger partial charge on any atom is -0.478 e. The number of carboxylic acids is 1. The molecule has 21 heavy (non-hydrogen) atoms. The molecule has 0 amide bonds. The fourth-order valence-electron chi connectivity index (χ4n) is 1.67. The smallest absolute Gasteiger partial charge is 0.335 e. The van der Waals surface area contributed by atoms with Gasteiger partial charge in [-0.15, -0.1) is 11.8 Å². The number of thioether (sulfide) groups is 1. The SMILES string of the molecule is O=C(O)c1ccc(F)c(S(=O)CCSc2ccccc2)c1. The molecule has 0 saturated carbocycles. The molecule has 1 N–H and O–H groups in total. The van der Waals surface area contributed by atoms with E-state index in [9.17, 15) is 13.4 Å². The normalized spacial score (nSPS) is 12.0. The topological polar surface area (TPSA) is 54.4 Å². The van der Waals surface area contributed by atoms with Crippen molar-refractivity contribution in [2.24, 2.45) is 0 Å². The van der Waals surface area contributed by atoms with Gasteiger partial charge in [-0.2, -0.15) is 0 Å². The van der Waals surface area contributed by atoms with Crippen LogP contribution in [-0.2, 0) is 10.8 Å². The molecule has 0 heterocycles. The summed E-state index contributed by atoms with van der Waals surface area (Å²) in [5.74, 6) is -0.970. The van der Waals surface area contributed by atoms with Crippen molar-refractivity contribution in [3.05, 3.63) is 59.9 Å². The number of carbonyl (C=O) groups is 1. The molecular formula is C15H13FO3S2. The van der Waals surface area contributed by atoms with Crippen molar-refractivity contribution in [3.8, 4) is 0 Å². The highest BCUT2D eigenvalue weighted by Crippen LogP contribution is 2.20. The first-order valence-corrected chi connectivity index (χ1v) is 8.47. The van der Waals surface area contributed by atoms with Crippen LogP contribution >= 0.6 is 11.8 Å². The van der Waals surface area contributed by atoms with E-state index in [0.717, 1.165) is 23.1 Å². The number of aromatic carboxylic acids is 1. The minimum atomic E-state index is -1.55. The number of hydrogen-bond acceptors (Lipinski definition) is 3. The first-order chi connectivity index (χ1) is 10.1. The van der Waals surface area contributed by atoms with Gasteiger partial charge in [0.25, 0.3) is 0 Å². The molecule has 1 unspecified atom stereocenters. The van der Waals surface area contributed by atoms with Crippen LogP contribution in [0.5, 0.6) is 0 Å². The van der Waals surface area contributed by atoms with E-state index in [4.69, 9.17) is 5.11 Å². The van der Waals surface area contributed by atoms with Crippen molar-refractivity contribution in [1.29, 1.82) is 0 Å². The van der Waals surface area contributed by atoms with Gasteiger partial charge in [0.1, 0.15) is 5.82 Å². The molecule has 2 rings (SSSR count). The Kier molecular flexibility index (Phi) is 5.52. The minimum absolute atomic E-state index is 0.0523. The lowest BCUT2D eigenvalue weighted by atomic mass is 10.2. The molecule has 0 spiro atoms. The standard InChI is InChI=1S/C15H13FO3S2/c16-13-7-6-11(15(17)18)10-14(13)21(19)9-8-20-12-4-2-1-3-5-12/h1-7,10H,8-9H2,(H,17,18). The van der Waals surface area contributed by atoms with Crippen molar-refractivity contribution in [1.82, 2.24) is 0 Å². The summed E-state index contributed by atoms with van der Waals surface area (Å²) in [7, 11) is -1.55. The van der Waals surface area contributed by atoms with Gasteiger partial charge in [0.15, 0.2) is 0 Å². The first-order valence-electron chi connectivity index (χ1n) is 6.17. The Hall–Kier alpha value is -1.66. The second-order valence-electron chi connectivity index (χ2n) is 4.16. The Morgan fingerprint density at radius 3 is 2.57 bits per heavy atom. The molecule has 3 nitrogen and oxygen atoms in total. The van der Waals surface area contributed by atoms with Gasteiger partial charge in [0.05, 0.1) is 21.3 Å². The number of carboxylic acid groups (broad SMARTS) is 1. The lowest BCUT2D eigenvalue weighted by molar-refractivity contribution is 0.0696. The summed E-state index contributed by atoms with van der Waals surface area (Å²) in [5, 5.41) is 8.88. The van der Waals surface area contributed by atoms with Gasteiger partial charge in [0.2, 0.25) is 0 Å². The number of rotatable bonds is 6. The van der Waals surface area contributed by atoms with E-state index in [2.05, 4.69) is 0 Å². The second-order valence-corrected chi connectivity index (χ2v) is 6.87. The van der Waals surface area contributed by atoms with Gasteiger partial charge in [-0.05, 0) is 30.3 Å². The zero-order valence-electron chi connectivity index (χ0n) is 11.0. The van der Waals surface area contributed by atoms with E-state index in [-0.39, 0.29) is 16.2 Å². The van der Waals surface area contributed by atoms with E-state index in [1.54, 1.807) is 0 Å². The summed E-state index contributed by atoms with van der Waals surface area (Å²) >= 11 is 1.53. The Bertz CT molecular complexity index is 659. The van der Waals surface area contributed by atoms with Crippen LogP contribution in [0.1, 0.15) is 10.4 Å². The third-order valence-corrected chi connectivity index (χ3v) is 5.35. The number of benzene rings is 2. The van der Waals surface area contributed by atoms with Crippen LogP contribution in [0.4, 0.5) is 4.39 Å². The largest absolute Gasteiger partial charge is 0.478 e. The predicted octanol–water partition coefficient (Wildman–Crippen LogP) is 3.42. The van der Waals surface area contributed by atoms with Gasteiger partial charge < -0.3 is 5.11 Å². The molecular weight excluding hydrogens is 311 g/mol. The van der Waals surface area contributed by atoms with Crippen LogP contribution in [0.3, 0.4) is 0 Å². The monoisotopic (exact) mass is 324 g/mol. The van der Waals surface area contributed by atoms with E-state index < -0.39 is 22.6 Å². The summed E-state index contributed by atoms with van der Waals surface area (Å²) in [4.78, 5) is 11.9. The first kappa shape index (κ1) is 15.7. The molecule has 0 fully saturated rings. The molecule has 110 valence electrons. The Morgan fingerprint density at radius 1 is 1.19 bits per heavy atom. The average Bonchev–Trinajstić information content (AvgIpc) is 2.48. The fourth-order valence-corrected chi connectivity index (χ4v) is 3.96. The summed E-state index contributed by atoms with van der Waals surface area (Å²) in [6.07, 6.45) is 0. The van der Waals surface area contributed by atoms with Crippen LogP contribution in [0, 0.1) is 5.82 Å². The maximum atomic E-state index is 13.6. The lowest BCUT2D eigenvalue weighted by Crippen LogP contribution is -2.06. The van der Waals surface area contributed by atoms with Crippen LogP contribution in [0.25, 0.3) is 0 Å². The molecule has 0 bridgehead atoms. The predicted molar refractivity (Wildman–Crippen MR) is 81.8 cm³/mol. The van der Waals surface area contributed by atoms with Crippen molar-refractivity contribution < 1.29 is 18.5 Å². The van der Waals surface area contributed by atoms with E-state index in [1.807, 2.05) is 30.3 Å². The molecule has 2 aromatic rings. The number of hydrogen-bond donors (Lipinski definition) is 1. The van der Waals surface area contributed by atoms with E-state index >= 15 is 0 Å². The molecule has 6 heteroatoms. The van der Waals surface area contributed by atoms with Crippen LogP contribution in [-0.4, -0.2) is 26.8 Å². The second kappa shape index (κ2) is 7.38. The molecule has 0 aliphatic carbocycles. The summed E-state index contributed by atoms with van der Waals surface area (Å²) < 4.78 is 25.7. The highest BCUT2D eigenvalue weighted by atomic mass is 32.2. The molecule has 0 saturated heterocycles. The highest BCUT2D eigenvalue weighted by molar-refractivity contribution is 8.00. The molecule has 0 aliphatic rings. The van der Waals surface area contributed by atoms with Crippen molar-refractivity contribution in [2.45, 2.75) is 9.79 Å². The van der Waals surface area contributed by atoms with Crippen LogP contribution < -0.4 is 0 Å². The van der Waals surface area contributed by atoms with E-state index in [0.29, 0.717) is 5.75 Å². The Labute approximate surface area is 128 Å². The highest BCUT2D eigenvalue weighted by Gasteiger charge is 2.13. The molecule has 0 aromatic heterocycles. The Morgan fingerprint density at radius 2 is 1.90 bits per heavy atom. The van der Waals surface area contributed by atoms with Crippen LogP contribution in [0.2, 0.25) is 0 Å².